The predicted molar refractivity (Wildman–Crippen MR) is 74.2 cm³/mol. The molecule has 0 amide bonds. The predicted octanol–water partition coefficient (Wildman–Crippen LogP) is 3.52. The molecule has 0 saturated heterocycles. The summed E-state index contributed by atoms with van der Waals surface area (Å²) in [6.07, 6.45) is 6.01. The molecule has 2 rings (SSSR count). The summed E-state index contributed by atoms with van der Waals surface area (Å²) < 4.78 is 5.97. The van der Waals surface area contributed by atoms with Crippen LogP contribution in [0.2, 0.25) is 0 Å². The Bertz CT molecular complexity index is 462. The van der Waals surface area contributed by atoms with Crippen molar-refractivity contribution in [2.75, 3.05) is 5.73 Å². The highest BCUT2D eigenvalue weighted by molar-refractivity contribution is 5.60. The molecular formula is C14H20N2O3. The molecule has 19 heavy (non-hydrogen) atoms. The number of nitro groups is 1. The lowest BCUT2D eigenvalue weighted by molar-refractivity contribution is -0.383. The van der Waals surface area contributed by atoms with Gasteiger partial charge in [-0.15, -0.1) is 0 Å². The number of hydrogen-bond acceptors (Lipinski definition) is 4. The summed E-state index contributed by atoms with van der Waals surface area (Å²) in [5.74, 6) is 1.21. The maximum absolute atomic E-state index is 10.7. The van der Waals surface area contributed by atoms with Gasteiger partial charge in [0.2, 0.25) is 0 Å². The van der Waals surface area contributed by atoms with Gasteiger partial charge in [-0.1, -0.05) is 13.3 Å². The van der Waals surface area contributed by atoms with E-state index in [0.29, 0.717) is 11.7 Å². The lowest BCUT2D eigenvalue weighted by Crippen LogP contribution is -2.29. The third-order valence-electron chi connectivity index (χ3n) is 3.85. The lowest BCUT2D eigenvalue weighted by atomic mass is 9.85. The molecule has 1 aliphatic carbocycles. The summed E-state index contributed by atoms with van der Waals surface area (Å²) in [7, 11) is 0. The van der Waals surface area contributed by atoms with Crippen LogP contribution in [0.1, 0.15) is 39.0 Å². The number of hydrogen-bond donors (Lipinski definition) is 1. The zero-order valence-electron chi connectivity index (χ0n) is 11.2. The van der Waals surface area contributed by atoms with Gasteiger partial charge >= 0.3 is 0 Å². The van der Waals surface area contributed by atoms with Crippen LogP contribution in [-0.4, -0.2) is 11.0 Å². The van der Waals surface area contributed by atoms with E-state index in [1.54, 1.807) is 12.1 Å². The minimum Gasteiger partial charge on any atom is -0.490 e. The molecule has 0 aromatic heterocycles. The van der Waals surface area contributed by atoms with Crippen LogP contribution in [0.5, 0.6) is 5.75 Å². The van der Waals surface area contributed by atoms with Crippen LogP contribution in [0.4, 0.5) is 11.4 Å². The summed E-state index contributed by atoms with van der Waals surface area (Å²) in [6, 6.07) is 4.60. The van der Waals surface area contributed by atoms with Crippen molar-refractivity contribution in [2.45, 2.75) is 45.1 Å². The number of rotatable bonds is 4. The third kappa shape index (κ3) is 3.16. The molecule has 2 atom stereocenters. The van der Waals surface area contributed by atoms with Crippen molar-refractivity contribution in [1.82, 2.24) is 0 Å². The Morgan fingerprint density at radius 2 is 2.16 bits per heavy atom. The maximum Gasteiger partial charge on any atom is 0.292 e. The summed E-state index contributed by atoms with van der Waals surface area (Å²) in [6.45, 7) is 2.18. The second kappa shape index (κ2) is 5.91. The Hall–Kier alpha value is -1.78. The van der Waals surface area contributed by atoms with Crippen LogP contribution in [0.15, 0.2) is 18.2 Å². The van der Waals surface area contributed by atoms with Gasteiger partial charge < -0.3 is 10.5 Å². The molecule has 0 bridgehead atoms. The number of ether oxygens (including phenoxy) is 1. The highest BCUT2D eigenvalue weighted by atomic mass is 16.6. The van der Waals surface area contributed by atoms with Gasteiger partial charge in [-0.25, -0.2) is 0 Å². The molecule has 1 aromatic carbocycles. The topological polar surface area (TPSA) is 78.4 Å². The number of benzene rings is 1. The first kappa shape index (κ1) is 13.6. The van der Waals surface area contributed by atoms with Crippen LogP contribution in [0.3, 0.4) is 0 Å². The van der Waals surface area contributed by atoms with Crippen LogP contribution in [-0.2, 0) is 0 Å². The minimum atomic E-state index is -0.478. The first-order valence-electron chi connectivity index (χ1n) is 6.82. The summed E-state index contributed by atoms with van der Waals surface area (Å²) in [4.78, 5) is 10.2. The fraction of sp³-hybridized carbons (Fsp3) is 0.571. The van der Waals surface area contributed by atoms with Crippen molar-refractivity contribution in [3.63, 3.8) is 0 Å². The monoisotopic (exact) mass is 264 g/mol. The standard InChI is InChI=1S/C14H20N2O3/c1-2-10-5-3-4-6-14(10)19-11-7-8-13(16(17)18)12(15)9-11/h7-10,14H,2-6,15H2,1H3. The van der Waals surface area contributed by atoms with Gasteiger partial charge in [-0.2, -0.15) is 0 Å². The van der Waals surface area contributed by atoms with E-state index in [9.17, 15) is 10.1 Å². The number of anilines is 1. The molecular weight excluding hydrogens is 244 g/mol. The zero-order chi connectivity index (χ0) is 13.8. The molecule has 5 nitrogen and oxygen atoms in total. The van der Waals surface area contributed by atoms with E-state index in [1.807, 2.05) is 0 Å². The van der Waals surface area contributed by atoms with Gasteiger partial charge in [0.05, 0.1) is 4.92 Å². The highest BCUT2D eigenvalue weighted by Gasteiger charge is 2.25. The molecule has 0 spiro atoms. The molecule has 2 N–H and O–H groups in total. The van der Waals surface area contributed by atoms with Crippen molar-refractivity contribution in [2.24, 2.45) is 5.92 Å². The summed E-state index contributed by atoms with van der Waals surface area (Å²) >= 11 is 0. The average Bonchev–Trinajstić information content (AvgIpc) is 2.39. The van der Waals surface area contributed by atoms with Crippen LogP contribution in [0.25, 0.3) is 0 Å². The minimum absolute atomic E-state index is 0.0666. The summed E-state index contributed by atoms with van der Waals surface area (Å²) in [5.41, 5.74) is 5.76. The average molecular weight is 264 g/mol. The highest BCUT2D eigenvalue weighted by Crippen LogP contribution is 2.32. The van der Waals surface area contributed by atoms with Gasteiger partial charge in [0.25, 0.3) is 5.69 Å². The lowest BCUT2D eigenvalue weighted by Gasteiger charge is -2.31. The Labute approximate surface area is 112 Å². The molecule has 0 heterocycles. The first-order chi connectivity index (χ1) is 9.11. The SMILES string of the molecule is CCC1CCCCC1Oc1ccc([N+](=O)[O-])c(N)c1. The van der Waals surface area contributed by atoms with Gasteiger partial charge in [0, 0.05) is 12.1 Å². The van der Waals surface area contributed by atoms with E-state index in [2.05, 4.69) is 6.92 Å². The fourth-order valence-electron chi connectivity index (χ4n) is 2.74. The van der Waals surface area contributed by atoms with Gasteiger partial charge in [-0.3, -0.25) is 10.1 Å². The number of nitrogen functional groups attached to an aromatic ring is 1. The second-order valence-corrected chi connectivity index (χ2v) is 5.09. The third-order valence-corrected chi connectivity index (χ3v) is 3.85. The number of nitrogens with zero attached hydrogens (tertiary/aromatic N) is 1. The van der Waals surface area contributed by atoms with E-state index in [-0.39, 0.29) is 17.5 Å². The normalized spacial score (nSPS) is 23.0. The molecule has 1 fully saturated rings. The quantitative estimate of drug-likeness (QED) is 0.512. The largest absolute Gasteiger partial charge is 0.490 e. The zero-order valence-corrected chi connectivity index (χ0v) is 11.2. The van der Waals surface area contributed by atoms with Crippen molar-refractivity contribution in [3.8, 4) is 5.75 Å². The van der Waals surface area contributed by atoms with E-state index in [4.69, 9.17) is 10.5 Å². The van der Waals surface area contributed by atoms with Crippen molar-refractivity contribution in [1.29, 1.82) is 0 Å². The van der Waals surface area contributed by atoms with Crippen LogP contribution in [0, 0.1) is 16.0 Å². The second-order valence-electron chi connectivity index (χ2n) is 5.09. The van der Waals surface area contributed by atoms with Crippen LogP contribution < -0.4 is 10.5 Å². The Kier molecular flexibility index (Phi) is 4.24. The molecule has 5 heteroatoms. The molecule has 2 unspecified atom stereocenters. The van der Waals surface area contributed by atoms with Crippen molar-refractivity contribution < 1.29 is 9.66 Å². The van der Waals surface area contributed by atoms with Gasteiger partial charge in [0.15, 0.2) is 0 Å². The molecule has 1 aliphatic rings. The van der Waals surface area contributed by atoms with Crippen molar-refractivity contribution in [3.05, 3.63) is 28.3 Å². The Balaban J connectivity index is 2.10. The smallest absolute Gasteiger partial charge is 0.292 e. The number of nitro benzene ring substituents is 1. The maximum atomic E-state index is 10.7. The van der Waals surface area contributed by atoms with E-state index < -0.39 is 4.92 Å². The molecule has 1 aromatic rings. The van der Waals surface area contributed by atoms with E-state index in [0.717, 1.165) is 12.8 Å². The van der Waals surface area contributed by atoms with Crippen LogP contribution >= 0.6 is 0 Å². The fourth-order valence-corrected chi connectivity index (χ4v) is 2.74. The molecule has 104 valence electrons. The number of nitrogens with two attached hydrogens (primary N) is 1. The van der Waals surface area contributed by atoms with E-state index in [1.165, 1.54) is 25.3 Å². The van der Waals surface area contributed by atoms with Crippen molar-refractivity contribution >= 4 is 11.4 Å². The molecule has 1 saturated carbocycles. The van der Waals surface area contributed by atoms with Gasteiger partial charge in [0.1, 0.15) is 17.5 Å². The van der Waals surface area contributed by atoms with Gasteiger partial charge in [-0.05, 0) is 37.7 Å². The first-order valence-corrected chi connectivity index (χ1v) is 6.82. The Morgan fingerprint density at radius 1 is 1.42 bits per heavy atom. The van der Waals surface area contributed by atoms with E-state index >= 15 is 0 Å². The Morgan fingerprint density at radius 3 is 2.79 bits per heavy atom. The summed E-state index contributed by atoms with van der Waals surface area (Å²) in [5, 5.41) is 10.7. The molecule has 0 aliphatic heterocycles. The molecule has 0 radical (unpaired) electrons.